The summed E-state index contributed by atoms with van der Waals surface area (Å²) >= 11 is 0. The quantitative estimate of drug-likeness (QED) is 0.511. The zero-order valence-corrected chi connectivity index (χ0v) is 10.9. The van der Waals surface area contributed by atoms with Gasteiger partial charge in [0.1, 0.15) is 23.9 Å². The van der Waals surface area contributed by atoms with Crippen molar-refractivity contribution in [3.63, 3.8) is 0 Å². The molecule has 0 amide bonds. The van der Waals surface area contributed by atoms with E-state index in [1.807, 2.05) is 0 Å². The van der Waals surface area contributed by atoms with E-state index >= 15 is 0 Å². The lowest BCUT2D eigenvalue weighted by molar-refractivity contribution is 0.302. The second-order valence-corrected chi connectivity index (χ2v) is 4.28. The lowest BCUT2D eigenvalue weighted by atomic mass is 10.1. The number of hydrogen-bond donors (Lipinski definition) is 2. The van der Waals surface area contributed by atoms with Gasteiger partial charge in [0.25, 0.3) is 0 Å². The summed E-state index contributed by atoms with van der Waals surface area (Å²) in [5.74, 6) is 0.175. The minimum Gasteiger partial charge on any atom is -0.508 e. The van der Waals surface area contributed by atoms with Crippen molar-refractivity contribution >= 4 is 5.71 Å². The normalized spacial score (nSPS) is 11.4. The molecule has 20 heavy (non-hydrogen) atoms. The number of ether oxygens (including phenoxy) is 1. The zero-order valence-electron chi connectivity index (χ0n) is 10.9. The molecule has 0 spiro atoms. The molecule has 104 valence electrons. The van der Waals surface area contributed by atoms with E-state index in [1.165, 1.54) is 18.2 Å². The lowest BCUT2D eigenvalue weighted by Gasteiger charge is -2.11. The minimum atomic E-state index is -0.431. The van der Waals surface area contributed by atoms with Gasteiger partial charge in [-0.15, -0.1) is 0 Å². The van der Waals surface area contributed by atoms with Crippen LogP contribution >= 0.6 is 0 Å². The summed E-state index contributed by atoms with van der Waals surface area (Å²) in [7, 11) is 0. The maximum atomic E-state index is 13.2. The topological polar surface area (TPSA) is 62.1 Å². The second-order valence-electron chi connectivity index (χ2n) is 4.28. The van der Waals surface area contributed by atoms with Gasteiger partial charge in [-0.25, -0.2) is 4.39 Å². The average Bonchev–Trinajstić information content (AvgIpc) is 2.46. The Kier molecular flexibility index (Phi) is 4.20. The van der Waals surface area contributed by atoms with Crippen LogP contribution in [0.15, 0.2) is 47.6 Å². The van der Waals surface area contributed by atoms with Gasteiger partial charge in [-0.3, -0.25) is 0 Å². The molecule has 4 nitrogen and oxygen atoms in total. The molecule has 0 saturated heterocycles. The monoisotopic (exact) mass is 275 g/mol. The number of halogens is 1. The van der Waals surface area contributed by atoms with Crippen LogP contribution in [-0.2, 0) is 6.61 Å². The third-order valence-corrected chi connectivity index (χ3v) is 2.81. The molecule has 2 N–H and O–H groups in total. The number of phenols is 1. The molecule has 0 bridgehead atoms. The van der Waals surface area contributed by atoms with Crippen LogP contribution in [0.2, 0.25) is 0 Å². The Morgan fingerprint density at radius 1 is 1.20 bits per heavy atom. The second kappa shape index (κ2) is 6.06. The molecule has 0 saturated carbocycles. The summed E-state index contributed by atoms with van der Waals surface area (Å²) in [6, 6.07) is 10.6. The summed E-state index contributed by atoms with van der Waals surface area (Å²) in [4.78, 5) is 0. The number of benzene rings is 2. The van der Waals surface area contributed by atoms with Gasteiger partial charge in [0.2, 0.25) is 0 Å². The average molecular weight is 275 g/mol. The molecule has 0 heterocycles. The minimum absolute atomic E-state index is 0.180. The first-order valence-corrected chi connectivity index (χ1v) is 5.99. The van der Waals surface area contributed by atoms with E-state index < -0.39 is 5.82 Å². The third-order valence-electron chi connectivity index (χ3n) is 2.81. The van der Waals surface area contributed by atoms with E-state index in [4.69, 9.17) is 9.94 Å². The highest BCUT2D eigenvalue weighted by Gasteiger charge is 2.09. The molecule has 0 aliphatic rings. The number of aromatic hydroxyl groups is 1. The first kappa shape index (κ1) is 13.9. The predicted molar refractivity (Wildman–Crippen MR) is 72.8 cm³/mol. The maximum Gasteiger partial charge on any atom is 0.129 e. The highest BCUT2D eigenvalue weighted by atomic mass is 19.1. The molecule has 2 aromatic carbocycles. The Labute approximate surface area is 115 Å². The zero-order chi connectivity index (χ0) is 14.5. The van der Waals surface area contributed by atoms with Gasteiger partial charge in [0, 0.05) is 5.56 Å². The van der Waals surface area contributed by atoms with Crippen molar-refractivity contribution < 1.29 is 19.4 Å². The van der Waals surface area contributed by atoms with Gasteiger partial charge in [-0.1, -0.05) is 17.3 Å². The van der Waals surface area contributed by atoms with Crippen LogP contribution in [0.4, 0.5) is 4.39 Å². The molecule has 2 aromatic rings. The third kappa shape index (κ3) is 3.26. The van der Waals surface area contributed by atoms with Crippen molar-refractivity contribution in [3.05, 3.63) is 59.4 Å². The van der Waals surface area contributed by atoms with Crippen LogP contribution < -0.4 is 4.74 Å². The molecule has 0 aromatic heterocycles. The van der Waals surface area contributed by atoms with Crippen LogP contribution in [0.25, 0.3) is 0 Å². The number of hydrogen-bond acceptors (Lipinski definition) is 4. The van der Waals surface area contributed by atoms with Crippen molar-refractivity contribution in [2.24, 2.45) is 5.16 Å². The highest BCUT2D eigenvalue weighted by molar-refractivity contribution is 6.00. The first-order valence-electron chi connectivity index (χ1n) is 5.99. The van der Waals surface area contributed by atoms with Crippen molar-refractivity contribution in [3.8, 4) is 11.5 Å². The molecular weight excluding hydrogens is 261 g/mol. The van der Waals surface area contributed by atoms with Crippen molar-refractivity contribution in [1.29, 1.82) is 0 Å². The van der Waals surface area contributed by atoms with Gasteiger partial charge in [0.05, 0.1) is 5.71 Å². The fourth-order valence-electron chi connectivity index (χ4n) is 1.72. The predicted octanol–water partition coefficient (Wildman–Crippen LogP) is 3.31. The largest absolute Gasteiger partial charge is 0.508 e. The molecule has 0 radical (unpaired) electrons. The van der Waals surface area contributed by atoms with E-state index in [2.05, 4.69) is 5.16 Å². The van der Waals surface area contributed by atoms with E-state index in [1.54, 1.807) is 31.2 Å². The van der Waals surface area contributed by atoms with Gasteiger partial charge in [-0.05, 0) is 42.8 Å². The summed E-state index contributed by atoms with van der Waals surface area (Å²) in [6.45, 7) is 1.82. The van der Waals surface area contributed by atoms with Gasteiger partial charge in [-0.2, -0.15) is 0 Å². The first-order chi connectivity index (χ1) is 9.60. The van der Waals surface area contributed by atoms with Gasteiger partial charge >= 0.3 is 0 Å². The number of nitrogens with zero attached hydrogens (tertiary/aromatic N) is 1. The summed E-state index contributed by atoms with van der Waals surface area (Å²) in [6.07, 6.45) is 0. The van der Waals surface area contributed by atoms with Crippen molar-refractivity contribution in [2.75, 3.05) is 0 Å². The van der Waals surface area contributed by atoms with Gasteiger partial charge < -0.3 is 15.1 Å². The van der Waals surface area contributed by atoms with E-state index in [9.17, 15) is 9.50 Å². The molecule has 0 fully saturated rings. The van der Waals surface area contributed by atoms with E-state index in [0.29, 0.717) is 11.3 Å². The number of oxime groups is 1. The number of phenolic OH excluding ortho intramolecular Hbond substituents is 1. The maximum absolute atomic E-state index is 13.2. The smallest absolute Gasteiger partial charge is 0.129 e. The molecule has 0 unspecified atom stereocenters. The molecule has 2 rings (SSSR count). The van der Waals surface area contributed by atoms with Crippen molar-refractivity contribution in [1.82, 2.24) is 0 Å². The Bertz CT molecular complexity index is 624. The van der Waals surface area contributed by atoms with Crippen LogP contribution in [0.1, 0.15) is 18.1 Å². The Hall–Kier alpha value is -2.56. The Balaban J connectivity index is 2.19. The van der Waals surface area contributed by atoms with Gasteiger partial charge in [0.15, 0.2) is 0 Å². The van der Waals surface area contributed by atoms with E-state index in [-0.39, 0.29) is 18.1 Å². The fourth-order valence-corrected chi connectivity index (χ4v) is 1.72. The van der Waals surface area contributed by atoms with Crippen LogP contribution in [0, 0.1) is 5.82 Å². The summed E-state index contributed by atoms with van der Waals surface area (Å²) < 4.78 is 18.8. The van der Waals surface area contributed by atoms with Crippen LogP contribution in [0.5, 0.6) is 11.5 Å². The summed E-state index contributed by atoms with van der Waals surface area (Å²) in [5, 5.41) is 21.1. The van der Waals surface area contributed by atoms with Crippen molar-refractivity contribution in [2.45, 2.75) is 13.5 Å². The molecular formula is C15H14FNO3. The molecule has 5 heteroatoms. The Morgan fingerprint density at radius 3 is 2.55 bits per heavy atom. The fraction of sp³-hybridized carbons (Fsp3) is 0.133. The molecule has 0 aliphatic heterocycles. The van der Waals surface area contributed by atoms with E-state index in [0.717, 1.165) is 5.56 Å². The number of rotatable bonds is 4. The highest BCUT2D eigenvalue weighted by Crippen LogP contribution is 2.22. The Morgan fingerprint density at radius 2 is 1.90 bits per heavy atom. The van der Waals surface area contributed by atoms with Crippen LogP contribution in [0.3, 0.4) is 0 Å². The summed E-state index contributed by atoms with van der Waals surface area (Å²) in [5.41, 5.74) is 1.52. The lowest BCUT2D eigenvalue weighted by Crippen LogP contribution is -2.03. The molecule has 0 atom stereocenters. The molecule has 0 aliphatic carbocycles. The van der Waals surface area contributed by atoms with Crippen LogP contribution in [-0.4, -0.2) is 16.0 Å². The SMILES string of the molecule is C/C(=N/O)c1cc(F)ccc1OCc1ccc(O)cc1. The standard InChI is InChI=1S/C15H14FNO3/c1-10(17-19)14-8-12(16)4-7-15(14)20-9-11-2-5-13(18)6-3-11/h2-8,18-19H,9H2,1H3/b17-10-.